The molecule has 0 fully saturated rings. The van der Waals surface area contributed by atoms with Crippen LogP contribution in [-0.2, 0) is 0 Å². The number of hydrogen-bond acceptors (Lipinski definition) is 5. The lowest BCUT2D eigenvalue weighted by molar-refractivity contribution is -0.384. The molecule has 128 valence electrons. The van der Waals surface area contributed by atoms with Crippen LogP contribution in [0.2, 0.25) is 0 Å². The number of nitro groups is 1. The summed E-state index contributed by atoms with van der Waals surface area (Å²) in [7, 11) is 0. The van der Waals surface area contributed by atoms with E-state index < -0.39 is 4.92 Å². The molecule has 1 aromatic carbocycles. The Morgan fingerprint density at radius 1 is 1.28 bits per heavy atom. The fourth-order valence-corrected chi connectivity index (χ4v) is 2.36. The molecule has 0 bridgehead atoms. The van der Waals surface area contributed by atoms with Crippen LogP contribution in [0.5, 0.6) is 0 Å². The van der Waals surface area contributed by atoms with Crippen molar-refractivity contribution in [2.75, 3.05) is 0 Å². The second-order valence-corrected chi connectivity index (χ2v) is 5.71. The van der Waals surface area contributed by atoms with Crippen molar-refractivity contribution in [3.05, 3.63) is 64.5 Å². The van der Waals surface area contributed by atoms with Gasteiger partial charge in [0.2, 0.25) is 0 Å². The molecule has 3 aromatic rings. The summed E-state index contributed by atoms with van der Waals surface area (Å²) in [5.41, 5.74) is 1.06. The molecule has 0 aliphatic rings. The summed E-state index contributed by atoms with van der Waals surface area (Å²) < 4.78 is 6.71. The smallest absolute Gasteiger partial charge is 0.271 e. The van der Waals surface area contributed by atoms with Gasteiger partial charge in [0, 0.05) is 24.2 Å². The Labute approximate surface area is 143 Å². The maximum atomic E-state index is 12.5. The first-order chi connectivity index (χ1) is 12.0. The number of carbonyl (C=O) groups excluding carboxylic acids is 1. The summed E-state index contributed by atoms with van der Waals surface area (Å²) in [5, 5.41) is 18.2. The number of rotatable bonds is 5. The largest absolute Gasteiger partial charge is 0.463 e. The second-order valence-electron chi connectivity index (χ2n) is 5.71. The van der Waals surface area contributed by atoms with Gasteiger partial charge in [-0.3, -0.25) is 14.9 Å². The molecule has 25 heavy (non-hydrogen) atoms. The van der Waals surface area contributed by atoms with Crippen LogP contribution in [-0.4, -0.2) is 26.7 Å². The zero-order chi connectivity index (χ0) is 18.0. The first-order valence-electron chi connectivity index (χ1n) is 7.65. The zero-order valence-corrected chi connectivity index (χ0v) is 13.7. The molecule has 2 heterocycles. The van der Waals surface area contributed by atoms with Crippen LogP contribution in [0.3, 0.4) is 0 Å². The number of amides is 1. The highest BCUT2D eigenvalue weighted by Crippen LogP contribution is 2.24. The molecule has 0 unspecified atom stereocenters. The highest BCUT2D eigenvalue weighted by atomic mass is 16.6. The third kappa shape index (κ3) is 3.42. The lowest BCUT2D eigenvalue weighted by Gasteiger charge is -2.10. The summed E-state index contributed by atoms with van der Waals surface area (Å²) in [6.45, 7) is 3.69. The molecule has 2 aromatic heterocycles. The van der Waals surface area contributed by atoms with Crippen LogP contribution in [0.1, 0.15) is 24.3 Å². The van der Waals surface area contributed by atoms with E-state index in [-0.39, 0.29) is 23.3 Å². The predicted octanol–water partition coefficient (Wildman–Crippen LogP) is 3.18. The van der Waals surface area contributed by atoms with E-state index in [1.807, 2.05) is 13.8 Å². The Morgan fingerprint density at radius 3 is 2.72 bits per heavy atom. The molecule has 3 rings (SSSR count). The van der Waals surface area contributed by atoms with E-state index in [1.54, 1.807) is 30.3 Å². The fraction of sp³-hybridized carbons (Fsp3) is 0.176. The van der Waals surface area contributed by atoms with Crippen molar-refractivity contribution in [2.24, 2.45) is 0 Å². The summed E-state index contributed by atoms with van der Waals surface area (Å²) >= 11 is 0. The van der Waals surface area contributed by atoms with E-state index in [0.717, 1.165) is 0 Å². The topological polar surface area (TPSA) is 103 Å². The van der Waals surface area contributed by atoms with Gasteiger partial charge in [-0.2, -0.15) is 5.10 Å². The summed E-state index contributed by atoms with van der Waals surface area (Å²) in [6, 6.07) is 10.9. The Balaban J connectivity index is 2.12. The number of non-ortho nitro benzene ring substituents is 1. The third-order valence-electron chi connectivity index (χ3n) is 3.42. The molecule has 0 saturated heterocycles. The standard InChI is InChI=1S/C17H16N4O4/c1-11(2)18-17(22)15-10-14(16-7-4-8-25-16)19-20(15)12-5-3-6-13(9-12)21(23)24/h3-11H,1-2H3,(H,18,22). The van der Waals surface area contributed by atoms with E-state index in [1.165, 1.54) is 23.1 Å². The van der Waals surface area contributed by atoms with Gasteiger partial charge >= 0.3 is 0 Å². The quantitative estimate of drug-likeness (QED) is 0.567. The van der Waals surface area contributed by atoms with Crippen LogP contribution in [0.25, 0.3) is 17.1 Å². The van der Waals surface area contributed by atoms with Gasteiger partial charge in [-0.25, -0.2) is 4.68 Å². The SMILES string of the molecule is CC(C)NC(=O)c1cc(-c2ccco2)nn1-c1cccc([N+](=O)[O-])c1. The fourth-order valence-electron chi connectivity index (χ4n) is 2.36. The molecule has 1 amide bonds. The number of furan rings is 1. The summed E-state index contributed by atoms with van der Waals surface area (Å²) in [4.78, 5) is 23.0. The van der Waals surface area contributed by atoms with E-state index in [9.17, 15) is 14.9 Å². The average molecular weight is 340 g/mol. The second kappa shape index (κ2) is 6.60. The molecule has 0 radical (unpaired) electrons. The van der Waals surface area contributed by atoms with Crippen molar-refractivity contribution in [2.45, 2.75) is 19.9 Å². The van der Waals surface area contributed by atoms with E-state index in [0.29, 0.717) is 17.1 Å². The molecule has 0 aliphatic carbocycles. The lowest BCUT2D eigenvalue weighted by atomic mass is 10.2. The van der Waals surface area contributed by atoms with Gasteiger partial charge in [-0.05, 0) is 32.0 Å². The number of carbonyl (C=O) groups is 1. The highest BCUT2D eigenvalue weighted by Gasteiger charge is 2.20. The average Bonchev–Trinajstić information content (AvgIpc) is 3.23. The van der Waals surface area contributed by atoms with Crippen LogP contribution in [0, 0.1) is 10.1 Å². The van der Waals surface area contributed by atoms with Crippen LogP contribution in [0.15, 0.2) is 53.1 Å². The van der Waals surface area contributed by atoms with Gasteiger partial charge < -0.3 is 9.73 Å². The number of aromatic nitrogens is 2. The number of nitrogens with one attached hydrogen (secondary N) is 1. The zero-order valence-electron chi connectivity index (χ0n) is 13.7. The molecule has 8 heteroatoms. The Hall–Kier alpha value is -3.42. The van der Waals surface area contributed by atoms with Crippen LogP contribution >= 0.6 is 0 Å². The molecular weight excluding hydrogens is 324 g/mol. The van der Waals surface area contributed by atoms with Gasteiger partial charge in [0.15, 0.2) is 5.76 Å². The van der Waals surface area contributed by atoms with Gasteiger partial charge in [0.25, 0.3) is 11.6 Å². The molecule has 0 atom stereocenters. The van der Waals surface area contributed by atoms with Gasteiger partial charge in [-0.15, -0.1) is 0 Å². The molecule has 0 aliphatic heterocycles. The predicted molar refractivity (Wildman–Crippen MR) is 90.5 cm³/mol. The van der Waals surface area contributed by atoms with E-state index >= 15 is 0 Å². The Kier molecular flexibility index (Phi) is 4.34. The molecular formula is C17H16N4O4. The van der Waals surface area contributed by atoms with Crippen LogP contribution in [0.4, 0.5) is 5.69 Å². The summed E-state index contributed by atoms with van der Waals surface area (Å²) in [5.74, 6) is 0.176. The van der Waals surface area contributed by atoms with Crippen LogP contribution < -0.4 is 5.32 Å². The summed E-state index contributed by atoms with van der Waals surface area (Å²) in [6.07, 6.45) is 1.51. The maximum Gasteiger partial charge on any atom is 0.271 e. The third-order valence-corrected chi connectivity index (χ3v) is 3.42. The van der Waals surface area contributed by atoms with Gasteiger partial charge in [0.05, 0.1) is 16.9 Å². The van der Waals surface area contributed by atoms with Gasteiger partial charge in [0.1, 0.15) is 11.4 Å². The minimum absolute atomic E-state index is 0.0620. The first kappa shape index (κ1) is 16.4. The maximum absolute atomic E-state index is 12.5. The molecule has 0 spiro atoms. The van der Waals surface area contributed by atoms with Crippen molar-refractivity contribution < 1.29 is 14.1 Å². The first-order valence-corrected chi connectivity index (χ1v) is 7.65. The van der Waals surface area contributed by atoms with Crippen molar-refractivity contribution >= 4 is 11.6 Å². The monoisotopic (exact) mass is 340 g/mol. The number of nitrogens with zero attached hydrogens (tertiary/aromatic N) is 3. The highest BCUT2D eigenvalue weighted by molar-refractivity contribution is 5.94. The van der Waals surface area contributed by atoms with Gasteiger partial charge in [-0.1, -0.05) is 6.07 Å². The van der Waals surface area contributed by atoms with Crippen molar-refractivity contribution in [3.63, 3.8) is 0 Å². The minimum Gasteiger partial charge on any atom is -0.463 e. The lowest BCUT2D eigenvalue weighted by Crippen LogP contribution is -2.31. The minimum atomic E-state index is -0.492. The number of nitro benzene ring substituents is 1. The number of benzene rings is 1. The molecule has 0 saturated carbocycles. The molecule has 8 nitrogen and oxygen atoms in total. The number of hydrogen-bond donors (Lipinski definition) is 1. The van der Waals surface area contributed by atoms with Crippen molar-refractivity contribution in [1.29, 1.82) is 0 Å². The van der Waals surface area contributed by atoms with E-state index in [2.05, 4.69) is 10.4 Å². The van der Waals surface area contributed by atoms with E-state index in [4.69, 9.17) is 4.42 Å². The normalized spacial score (nSPS) is 10.8. The molecule has 1 N–H and O–H groups in total. The van der Waals surface area contributed by atoms with Crippen molar-refractivity contribution in [1.82, 2.24) is 15.1 Å². The Bertz CT molecular complexity index is 913. The Morgan fingerprint density at radius 2 is 2.08 bits per heavy atom. The van der Waals surface area contributed by atoms with Crippen molar-refractivity contribution in [3.8, 4) is 17.1 Å².